The molecule has 0 bridgehead atoms. The third-order valence-electron chi connectivity index (χ3n) is 9.83. The highest BCUT2D eigenvalue weighted by Gasteiger charge is 2.55. The monoisotopic (exact) mass is 696 g/mol. The van der Waals surface area contributed by atoms with Gasteiger partial charge in [0.05, 0.1) is 30.5 Å². The lowest BCUT2D eigenvalue weighted by molar-refractivity contribution is -0.127. The fraction of sp³-hybridized carbons (Fsp3) is 0.571. The van der Waals surface area contributed by atoms with Crippen LogP contribution in [0.5, 0.6) is 0 Å². The standard InChI is InChI=1S/C14H17BrClN3O.C14H15BrClN3/c1-2-13(12(17)20)3-4-14(6-13)7-19-11-9(14)10(16)8(15)5-18-11;1-2-13(7-17)3-4-14(6-13)8-19-12-10(14)11(16)9(15)5-18-12/h5H,2-4,6-7H2,1H3,(H2,17,20)(H,18,19);5H,2-4,6,8H2,1H3,(H,18,19)/t2*13-,14-/m00/s1. The van der Waals surface area contributed by atoms with Gasteiger partial charge in [-0.05, 0) is 83.2 Å². The molecule has 4 heterocycles. The molecule has 2 aliphatic heterocycles. The van der Waals surface area contributed by atoms with E-state index in [0.717, 1.165) is 101 Å². The van der Waals surface area contributed by atoms with Gasteiger partial charge in [-0.1, -0.05) is 37.0 Å². The summed E-state index contributed by atoms with van der Waals surface area (Å²) in [5.74, 6) is 1.54. The molecule has 1 amide bonds. The average Bonchev–Trinajstić information content (AvgIpc) is 3.70. The minimum atomic E-state index is -0.408. The lowest BCUT2D eigenvalue weighted by Gasteiger charge is -2.29. The van der Waals surface area contributed by atoms with Crippen LogP contribution in [-0.2, 0) is 15.6 Å². The zero-order valence-electron chi connectivity index (χ0n) is 22.1. The Morgan fingerprint density at radius 2 is 1.46 bits per heavy atom. The van der Waals surface area contributed by atoms with Gasteiger partial charge in [0.2, 0.25) is 5.91 Å². The number of amides is 1. The Morgan fingerprint density at radius 3 is 1.87 bits per heavy atom. The molecule has 0 aromatic carbocycles. The van der Waals surface area contributed by atoms with E-state index in [1.165, 1.54) is 0 Å². The lowest BCUT2D eigenvalue weighted by atomic mass is 9.75. The second kappa shape index (κ2) is 10.3. The molecule has 7 nitrogen and oxygen atoms in total. The van der Waals surface area contributed by atoms with Crippen molar-refractivity contribution in [1.82, 2.24) is 9.97 Å². The van der Waals surface area contributed by atoms with Crippen molar-refractivity contribution in [3.63, 3.8) is 0 Å². The second-order valence-electron chi connectivity index (χ2n) is 11.7. The van der Waals surface area contributed by atoms with Crippen LogP contribution < -0.4 is 16.4 Å². The number of primary amides is 1. The maximum absolute atomic E-state index is 11.9. The molecule has 0 unspecified atom stereocenters. The molecule has 4 N–H and O–H groups in total. The Hall–Kier alpha value is -1.60. The Balaban J connectivity index is 0.000000158. The predicted molar refractivity (Wildman–Crippen MR) is 162 cm³/mol. The van der Waals surface area contributed by atoms with Gasteiger partial charge in [0.25, 0.3) is 0 Å². The number of rotatable bonds is 3. The van der Waals surface area contributed by atoms with Crippen molar-refractivity contribution in [2.24, 2.45) is 16.6 Å². The number of pyridine rings is 2. The van der Waals surface area contributed by atoms with Crippen LogP contribution >= 0.6 is 55.1 Å². The zero-order valence-corrected chi connectivity index (χ0v) is 26.7. The summed E-state index contributed by atoms with van der Waals surface area (Å²) >= 11 is 19.9. The Bertz CT molecular complexity index is 1380. The molecule has 0 saturated heterocycles. The highest BCUT2D eigenvalue weighted by Crippen LogP contribution is 2.59. The van der Waals surface area contributed by atoms with E-state index in [1.807, 2.05) is 6.92 Å². The molecule has 6 rings (SSSR count). The molecule has 11 heteroatoms. The third kappa shape index (κ3) is 4.54. The lowest BCUT2D eigenvalue weighted by Crippen LogP contribution is -2.37. The molecule has 4 atom stereocenters. The maximum Gasteiger partial charge on any atom is 0.223 e. The van der Waals surface area contributed by atoms with Crippen molar-refractivity contribution in [1.29, 1.82) is 5.26 Å². The van der Waals surface area contributed by atoms with Crippen LogP contribution in [0.2, 0.25) is 10.0 Å². The van der Waals surface area contributed by atoms with E-state index in [0.29, 0.717) is 5.02 Å². The first kappa shape index (κ1) is 28.9. The van der Waals surface area contributed by atoms with Gasteiger partial charge in [-0.3, -0.25) is 4.79 Å². The van der Waals surface area contributed by atoms with Crippen LogP contribution in [0, 0.1) is 22.2 Å². The Kier molecular flexibility index (Phi) is 7.67. The first-order chi connectivity index (χ1) is 18.5. The second-order valence-corrected chi connectivity index (χ2v) is 14.1. The Morgan fingerprint density at radius 1 is 0.949 bits per heavy atom. The summed E-state index contributed by atoms with van der Waals surface area (Å²) in [6, 6.07) is 2.54. The van der Waals surface area contributed by atoms with Crippen LogP contribution in [0.3, 0.4) is 0 Å². The van der Waals surface area contributed by atoms with Crippen molar-refractivity contribution >= 4 is 72.6 Å². The van der Waals surface area contributed by atoms with Crippen molar-refractivity contribution in [2.45, 2.75) is 76.0 Å². The number of nitriles is 1. The van der Waals surface area contributed by atoms with E-state index in [9.17, 15) is 10.1 Å². The number of anilines is 2. The average molecular weight is 699 g/mol. The van der Waals surface area contributed by atoms with E-state index in [2.05, 4.69) is 65.5 Å². The number of nitrogens with zero attached hydrogens (tertiary/aromatic N) is 3. The Labute approximate surface area is 256 Å². The number of carbonyl (C=O) groups is 1. The SMILES string of the molecule is CC[C@]1(C#N)CC[C@@]2(CNc3ncc(Br)c(Cl)c32)C1.CC[C@]1(C(N)=O)CC[C@@]2(CNc3ncc(Br)c(Cl)c32)C1. The summed E-state index contributed by atoms with van der Waals surface area (Å²) < 4.78 is 1.64. The quantitative estimate of drug-likeness (QED) is 0.306. The molecule has 2 saturated carbocycles. The summed E-state index contributed by atoms with van der Waals surface area (Å²) in [6.45, 7) is 5.76. The van der Waals surface area contributed by atoms with Crippen molar-refractivity contribution in [3.05, 3.63) is 42.5 Å². The summed E-state index contributed by atoms with van der Waals surface area (Å²) in [5.41, 5.74) is 7.07. The number of nitrogens with one attached hydrogen (secondary N) is 2. The van der Waals surface area contributed by atoms with Gasteiger partial charge in [0, 0.05) is 52.9 Å². The number of carbonyl (C=O) groups excluding carboxylic acids is 1. The van der Waals surface area contributed by atoms with Crippen molar-refractivity contribution in [3.8, 4) is 6.07 Å². The van der Waals surface area contributed by atoms with E-state index in [1.54, 1.807) is 12.4 Å². The van der Waals surface area contributed by atoms with Crippen LogP contribution in [0.1, 0.15) is 76.3 Å². The van der Waals surface area contributed by atoms with Crippen LogP contribution in [0.15, 0.2) is 21.3 Å². The van der Waals surface area contributed by atoms with Crippen LogP contribution in [0.4, 0.5) is 11.6 Å². The van der Waals surface area contributed by atoms with Crippen molar-refractivity contribution in [2.75, 3.05) is 23.7 Å². The van der Waals surface area contributed by atoms with E-state index >= 15 is 0 Å². The highest BCUT2D eigenvalue weighted by atomic mass is 79.9. The predicted octanol–water partition coefficient (Wildman–Crippen LogP) is 7.49. The summed E-state index contributed by atoms with van der Waals surface area (Å²) in [4.78, 5) is 20.7. The first-order valence-electron chi connectivity index (χ1n) is 13.4. The number of hydrogen-bond acceptors (Lipinski definition) is 6. The topological polar surface area (TPSA) is 117 Å². The maximum atomic E-state index is 11.9. The minimum absolute atomic E-state index is 0.0189. The highest BCUT2D eigenvalue weighted by molar-refractivity contribution is 9.10. The molecule has 2 spiro atoms. The largest absolute Gasteiger partial charge is 0.369 e. The molecule has 4 aliphatic rings. The fourth-order valence-electron chi connectivity index (χ4n) is 7.35. The number of aromatic nitrogens is 2. The van der Waals surface area contributed by atoms with Gasteiger partial charge in [-0.2, -0.15) is 5.26 Å². The number of halogens is 4. The van der Waals surface area contributed by atoms with Crippen LogP contribution in [0.25, 0.3) is 0 Å². The summed E-state index contributed by atoms with van der Waals surface area (Å²) in [6.07, 6.45) is 10.5. The van der Waals surface area contributed by atoms with Gasteiger partial charge in [0.1, 0.15) is 11.6 Å². The van der Waals surface area contributed by atoms with E-state index in [4.69, 9.17) is 28.9 Å². The first-order valence-corrected chi connectivity index (χ1v) is 15.7. The number of nitrogens with two attached hydrogens (primary N) is 1. The number of hydrogen-bond donors (Lipinski definition) is 3. The molecule has 2 fully saturated rings. The molecule has 208 valence electrons. The molecule has 0 radical (unpaired) electrons. The molecular formula is C28H32Br2Cl2N6O. The smallest absolute Gasteiger partial charge is 0.223 e. The van der Waals surface area contributed by atoms with Crippen molar-refractivity contribution < 1.29 is 4.79 Å². The molecule has 2 aromatic rings. The molecular weight excluding hydrogens is 667 g/mol. The van der Waals surface area contributed by atoms with Gasteiger partial charge in [0.15, 0.2) is 0 Å². The zero-order chi connectivity index (χ0) is 28.2. The summed E-state index contributed by atoms with van der Waals surface area (Å²) in [7, 11) is 0. The fourth-order valence-corrected chi connectivity index (χ4v) is 8.63. The number of fused-ring (bicyclic) bond motifs is 4. The molecule has 2 aromatic heterocycles. The van der Waals surface area contributed by atoms with Gasteiger partial charge >= 0.3 is 0 Å². The van der Waals surface area contributed by atoms with E-state index in [-0.39, 0.29) is 22.2 Å². The van der Waals surface area contributed by atoms with Gasteiger partial charge in [-0.25, -0.2) is 9.97 Å². The van der Waals surface area contributed by atoms with Gasteiger partial charge < -0.3 is 16.4 Å². The van der Waals surface area contributed by atoms with Gasteiger partial charge in [-0.15, -0.1) is 0 Å². The normalized spacial score (nSPS) is 31.7. The molecule has 39 heavy (non-hydrogen) atoms. The van der Waals surface area contributed by atoms with E-state index < -0.39 is 5.41 Å². The third-order valence-corrected chi connectivity index (χ3v) is 12.3. The van der Waals surface area contributed by atoms with Crippen LogP contribution in [-0.4, -0.2) is 29.0 Å². The molecule has 2 aliphatic carbocycles. The minimum Gasteiger partial charge on any atom is -0.369 e. The summed E-state index contributed by atoms with van der Waals surface area (Å²) in [5, 5.41) is 17.7.